The Hall–Kier alpha value is -1.07. The van der Waals surface area contributed by atoms with Crippen LogP contribution in [0.2, 0.25) is 0 Å². The molecule has 100 valence electrons. The number of nitrogens with one attached hydrogen (secondary N) is 1. The molecule has 1 aromatic rings. The Morgan fingerprint density at radius 2 is 2.28 bits per heavy atom. The second-order valence-corrected chi connectivity index (χ2v) is 4.95. The van der Waals surface area contributed by atoms with Crippen LogP contribution in [0.25, 0.3) is 0 Å². The summed E-state index contributed by atoms with van der Waals surface area (Å²) in [6.45, 7) is 2.92. The van der Waals surface area contributed by atoms with Crippen LogP contribution in [0.1, 0.15) is 18.9 Å². The second kappa shape index (κ2) is 7.38. The number of methoxy groups -OCH3 is 1. The highest BCUT2D eigenvalue weighted by molar-refractivity contribution is 9.10. The summed E-state index contributed by atoms with van der Waals surface area (Å²) in [6, 6.07) is 5.76. The highest BCUT2D eigenvalue weighted by Gasteiger charge is 2.14. The molecule has 0 saturated carbocycles. The van der Waals surface area contributed by atoms with E-state index in [1.807, 2.05) is 25.1 Å². The average molecular weight is 316 g/mol. The molecule has 18 heavy (non-hydrogen) atoms. The monoisotopic (exact) mass is 315 g/mol. The number of carboxylic acid groups (broad SMARTS) is 1. The molecule has 0 aromatic heterocycles. The molecule has 0 bridgehead atoms. The van der Waals surface area contributed by atoms with E-state index in [4.69, 9.17) is 9.84 Å². The molecule has 0 heterocycles. The summed E-state index contributed by atoms with van der Waals surface area (Å²) < 4.78 is 6.23. The maximum Gasteiger partial charge on any atom is 0.307 e. The number of carboxylic acids is 1. The molecule has 1 rings (SSSR count). The summed E-state index contributed by atoms with van der Waals surface area (Å²) in [5, 5.41) is 12.1. The summed E-state index contributed by atoms with van der Waals surface area (Å²) in [5.41, 5.74) is 1.01. The molecule has 0 aliphatic heterocycles. The van der Waals surface area contributed by atoms with Crippen molar-refractivity contribution in [2.75, 3.05) is 13.7 Å². The summed E-state index contributed by atoms with van der Waals surface area (Å²) in [7, 11) is 1.62. The number of halogens is 1. The van der Waals surface area contributed by atoms with Crippen LogP contribution in [0.15, 0.2) is 22.7 Å². The number of hydrogen-bond donors (Lipinski definition) is 2. The first-order valence-corrected chi connectivity index (χ1v) is 6.63. The molecule has 0 saturated heterocycles. The fourth-order valence-corrected chi connectivity index (χ4v) is 2.08. The van der Waals surface area contributed by atoms with Crippen LogP contribution in [0.5, 0.6) is 5.75 Å². The Balaban J connectivity index is 2.57. The van der Waals surface area contributed by atoms with Crippen LogP contribution in [0.3, 0.4) is 0 Å². The Kier molecular flexibility index (Phi) is 6.15. The Morgan fingerprint density at radius 1 is 1.56 bits per heavy atom. The van der Waals surface area contributed by atoms with Crippen LogP contribution < -0.4 is 10.1 Å². The summed E-state index contributed by atoms with van der Waals surface area (Å²) in [4.78, 5) is 10.9. The van der Waals surface area contributed by atoms with Gasteiger partial charge in [-0.15, -0.1) is 0 Å². The zero-order valence-electron chi connectivity index (χ0n) is 10.6. The van der Waals surface area contributed by atoms with Gasteiger partial charge in [-0.05, 0) is 24.6 Å². The molecule has 0 fully saturated rings. The van der Waals surface area contributed by atoms with Gasteiger partial charge in [0, 0.05) is 23.1 Å². The first-order chi connectivity index (χ1) is 8.58. The standard InChI is InChI=1S/C13H18BrNO3/c1-3-9(13(16)17)7-15-8-10-6-11(14)4-5-12(10)18-2/h4-6,9,15H,3,7-8H2,1-2H3,(H,16,17). The molecule has 0 spiro atoms. The number of benzene rings is 1. The van der Waals surface area contributed by atoms with Crippen molar-refractivity contribution >= 4 is 21.9 Å². The van der Waals surface area contributed by atoms with Gasteiger partial charge in [-0.1, -0.05) is 22.9 Å². The van der Waals surface area contributed by atoms with Crippen LogP contribution in [0.4, 0.5) is 0 Å². The lowest BCUT2D eigenvalue weighted by atomic mass is 10.1. The third-order valence-corrected chi connectivity index (χ3v) is 3.28. The molecule has 0 radical (unpaired) electrons. The van der Waals surface area contributed by atoms with Gasteiger partial charge >= 0.3 is 5.97 Å². The van der Waals surface area contributed by atoms with Crippen molar-refractivity contribution in [2.45, 2.75) is 19.9 Å². The third-order valence-electron chi connectivity index (χ3n) is 2.79. The Labute approximate surface area is 115 Å². The van der Waals surface area contributed by atoms with E-state index >= 15 is 0 Å². The summed E-state index contributed by atoms with van der Waals surface area (Å²) in [5.74, 6) is -0.302. The van der Waals surface area contributed by atoms with Gasteiger partial charge < -0.3 is 15.2 Å². The van der Waals surface area contributed by atoms with E-state index in [-0.39, 0.29) is 5.92 Å². The predicted molar refractivity (Wildman–Crippen MR) is 73.8 cm³/mol. The van der Waals surface area contributed by atoms with Crippen LogP contribution in [-0.4, -0.2) is 24.7 Å². The molecule has 5 heteroatoms. The number of carbonyl (C=O) groups is 1. The number of aliphatic carboxylic acids is 1. The molecule has 1 unspecified atom stereocenters. The van der Waals surface area contributed by atoms with Crippen molar-refractivity contribution in [3.05, 3.63) is 28.2 Å². The van der Waals surface area contributed by atoms with Gasteiger partial charge in [0.15, 0.2) is 0 Å². The normalized spacial score (nSPS) is 12.2. The van der Waals surface area contributed by atoms with Gasteiger partial charge in [-0.25, -0.2) is 0 Å². The van der Waals surface area contributed by atoms with Crippen molar-refractivity contribution < 1.29 is 14.6 Å². The number of rotatable bonds is 7. The van der Waals surface area contributed by atoms with E-state index < -0.39 is 5.97 Å². The topological polar surface area (TPSA) is 58.6 Å². The Bertz CT molecular complexity index is 409. The van der Waals surface area contributed by atoms with Gasteiger partial charge in [0.2, 0.25) is 0 Å². The van der Waals surface area contributed by atoms with E-state index in [9.17, 15) is 4.79 Å². The molecule has 0 amide bonds. The fourth-order valence-electron chi connectivity index (χ4n) is 1.67. The van der Waals surface area contributed by atoms with E-state index in [0.717, 1.165) is 15.8 Å². The largest absolute Gasteiger partial charge is 0.496 e. The van der Waals surface area contributed by atoms with Crippen molar-refractivity contribution in [3.8, 4) is 5.75 Å². The number of ether oxygens (including phenoxy) is 1. The quantitative estimate of drug-likeness (QED) is 0.812. The molecule has 1 aromatic carbocycles. The maximum absolute atomic E-state index is 10.9. The summed E-state index contributed by atoms with van der Waals surface area (Å²) in [6.07, 6.45) is 0.623. The van der Waals surface area contributed by atoms with Crippen molar-refractivity contribution in [1.29, 1.82) is 0 Å². The van der Waals surface area contributed by atoms with Gasteiger partial charge in [-0.3, -0.25) is 4.79 Å². The van der Waals surface area contributed by atoms with Crippen molar-refractivity contribution in [2.24, 2.45) is 5.92 Å². The lowest BCUT2D eigenvalue weighted by Gasteiger charge is -2.13. The van der Waals surface area contributed by atoms with E-state index in [1.165, 1.54) is 0 Å². The predicted octanol–water partition coefficient (Wildman–Crippen LogP) is 2.66. The smallest absolute Gasteiger partial charge is 0.307 e. The SMILES string of the molecule is CCC(CNCc1cc(Br)ccc1OC)C(=O)O. The average Bonchev–Trinajstić information content (AvgIpc) is 2.34. The van der Waals surface area contributed by atoms with E-state index in [0.29, 0.717) is 19.5 Å². The molecule has 1 atom stereocenters. The van der Waals surface area contributed by atoms with Gasteiger partial charge in [0.05, 0.1) is 13.0 Å². The van der Waals surface area contributed by atoms with Crippen molar-refractivity contribution in [1.82, 2.24) is 5.32 Å². The lowest BCUT2D eigenvalue weighted by molar-refractivity contribution is -0.141. The van der Waals surface area contributed by atoms with Gasteiger partial charge in [0.1, 0.15) is 5.75 Å². The molecule has 0 aliphatic rings. The van der Waals surface area contributed by atoms with Crippen LogP contribution in [-0.2, 0) is 11.3 Å². The minimum atomic E-state index is -0.758. The zero-order chi connectivity index (χ0) is 13.5. The molecular formula is C13H18BrNO3. The fraction of sp³-hybridized carbons (Fsp3) is 0.462. The molecular weight excluding hydrogens is 298 g/mol. The first-order valence-electron chi connectivity index (χ1n) is 5.84. The minimum absolute atomic E-state index is 0.344. The van der Waals surface area contributed by atoms with E-state index in [2.05, 4.69) is 21.2 Å². The van der Waals surface area contributed by atoms with Crippen LogP contribution in [0, 0.1) is 5.92 Å². The third kappa shape index (κ3) is 4.31. The maximum atomic E-state index is 10.9. The second-order valence-electron chi connectivity index (χ2n) is 4.03. The molecule has 0 aliphatic carbocycles. The van der Waals surface area contributed by atoms with Gasteiger partial charge in [0.25, 0.3) is 0 Å². The van der Waals surface area contributed by atoms with Crippen LogP contribution >= 0.6 is 15.9 Å². The first kappa shape index (κ1) is 15.0. The van der Waals surface area contributed by atoms with Gasteiger partial charge in [-0.2, -0.15) is 0 Å². The summed E-state index contributed by atoms with van der Waals surface area (Å²) >= 11 is 3.41. The van der Waals surface area contributed by atoms with E-state index in [1.54, 1.807) is 7.11 Å². The molecule has 4 nitrogen and oxygen atoms in total. The minimum Gasteiger partial charge on any atom is -0.496 e. The molecule has 2 N–H and O–H groups in total. The Morgan fingerprint density at radius 3 is 2.83 bits per heavy atom. The highest BCUT2D eigenvalue weighted by atomic mass is 79.9. The highest BCUT2D eigenvalue weighted by Crippen LogP contribution is 2.22. The van der Waals surface area contributed by atoms with Crippen molar-refractivity contribution in [3.63, 3.8) is 0 Å². The number of hydrogen-bond acceptors (Lipinski definition) is 3. The lowest BCUT2D eigenvalue weighted by Crippen LogP contribution is -2.27. The zero-order valence-corrected chi connectivity index (χ0v) is 12.2.